The molecule has 1 saturated heterocycles. The minimum absolute atomic E-state index is 0.106. The fourth-order valence-electron chi connectivity index (χ4n) is 2.14. The fourth-order valence-corrected chi connectivity index (χ4v) is 2.14. The second-order valence-electron chi connectivity index (χ2n) is 4.32. The van der Waals surface area contributed by atoms with Gasteiger partial charge in [0.05, 0.1) is 13.2 Å². The molecule has 4 nitrogen and oxygen atoms in total. The molecule has 0 amide bonds. The molecule has 1 aliphatic rings. The van der Waals surface area contributed by atoms with E-state index in [1.54, 1.807) is 6.92 Å². The van der Waals surface area contributed by atoms with E-state index in [9.17, 15) is 4.79 Å². The van der Waals surface area contributed by atoms with Crippen LogP contribution in [0.4, 0.5) is 0 Å². The lowest BCUT2D eigenvalue weighted by Gasteiger charge is -1.98. The molecule has 0 N–H and O–H groups in total. The molecule has 4 heteroatoms. The highest BCUT2D eigenvalue weighted by Gasteiger charge is 2.30. The van der Waals surface area contributed by atoms with Gasteiger partial charge in [-0.05, 0) is 13.8 Å². The van der Waals surface area contributed by atoms with Crippen molar-refractivity contribution in [3.8, 4) is 0 Å². The number of ether oxygens (including phenoxy) is 2. The molecule has 0 radical (unpaired) electrons. The second-order valence-corrected chi connectivity index (χ2v) is 4.32. The average Bonchev–Trinajstić information content (AvgIpc) is 3.14. The summed E-state index contributed by atoms with van der Waals surface area (Å²) in [5.41, 5.74) is 2.57. The van der Waals surface area contributed by atoms with Crippen molar-refractivity contribution in [3.63, 3.8) is 0 Å². The number of rotatable bonds is 3. The number of benzene rings is 1. The minimum atomic E-state index is -0.408. The van der Waals surface area contributed by atoms with Crippen molar-refractivity contribution >= 4 is 16.9 Å². The zero-order valence-electron chi connectivity index (χ0n) is 10.4. The third kappa shape index (κ3) is 1.69. The molecular formula is C14H14O4. The van der Waals surface area contributed by atoms with E-state index >= 15 is 0 Å². The summed E-state index contributed by atoms with van der Waals surface area (Å²) in [5, 5.41) is 0.950. The van der Waals surface area contributed by atoms with Crippen LogP contribution in [0.1, 0.15) is 34.7 Å². The summed E-state index contributed by atoms with van der Waals surface area (Å²) in [7, 11) is 0. The SMILES string of the molecule is CCOC(=O)c1oc2c(C3CO3)cccc2c1C. The molecule has 2 heterocycles. The molecule has 1 fully saturated rings. The Bertz CT molecular complexity index is 608. The van der Waals surface area contributed by atoms with Gasteiger partial charge in [-0.15, -0.1) is 0 Å². The van der Waals surface area contributed by atoms with Gasteiger partial charge in [-0.1, -0.05) is 18.2 Å². The Balaban J connectivity index is 2.14. The Morgan fingerprint density at radius 1 is 1.50 bits per heavy atom. The highest BCUT2D eigenvalue weighted by Crippen LogP contribution is 2.37. The standard InChI is InChI=1S/C14H14O4/c1-3-16-14(15)12-8(2)9-5-4-6-10(11-7-17-11)13(9)18-12/h4-6,11H,3,7H2,1-2H3. The molecular weight excluding hydrogens is 232 g/mol. The summed E-state index contributed by atoms with van der Waals surface area (Å²) in [4.78, 5) is 11.8. The largest absolute Gasteiger partial charge is 0.460 e. The maximum absolute atomic E-state index is 11.8. The summed E-state index contributed by atoms with van der Waals surface area (Å²) < 4.78 is 16.0. The van der Waals surface area contributed by atoms with Gasteiger partial charge in [0.1, 0.15) is 11.7 Å². The van der Waals surface area contributed by atoms with Crippen LogP contribution in [0.2, 0.25) is 0 Å². The van der Waals surface area contributed by atoms with Crippen molar-refractivity contribution < 1.29 is 18.7 Å². The van der Waals surface area contributed by atoms with Crippen molar-refractivity contribution in [3.05, 3.63) is 35.1 Å². The molecule has 0 aliphatic carbocycles. The van der Waals surface area contributed by atoms with Crippen LogP contribution in [0.5, 0.6) is 0 Å². The van der Waals surface area contributed by atoms with Gasteiger partial charge in [0.2, 0.25) is 5.76 Å². The van der Waals surface area contributed by atoms with Gasteiger partial charge < -0.3 is 13.9 Å². The summed E-state index contributed by atoms with van der Waals surface area (Å²) >= 11 is 0. The molecule has 18 heavy (non-hydrogen) atoms. The Labute approximate surface area is 104 Å². The van der Waals surface area contributed by atoms with Gasteiger partial charge in [0.15, 0.2) is 0 Å². The van der Waals surface area contributed by atoms with Crippen LogP contribution in [0.25, 0.3) is 11.0 Å². The van der Waals surface area contributed by atoms with Gasteiger partial charge in [-0.3, -0.25) is 0 Å². The lowest BCUT2D eigenvalue weighted by atomic mass is 10.1. The lowest BCUT2D eigenvalue weighted by molar-refractivity contribution is 0.0491. The third-order valence-electron chi connectivity index (χ3n) is 3.14. The summed E-state index contributed by atoms with van der Waals surface area (Å²) in [6.07, 6.45) is 0.106. The van der Waals surface area contributed by atoms with Gasteiger partial charge in [0, 0.05) is 16.5 Å². The molecule has 1 atom stereocenters. The van der Waals surface area contributed by atoms with E-state index in [1.165, 1.54) is 0 Å². The molecule has 1 unspecified atom stereocenters. The van der Waals surface area contributed by atoms with Gasteiger partial charge in [-0.2, -0.15) is 0 Å². The first kappa shape index (κ1) is 11.3. The monoisotopic (exact) mass is 246 g/mol. The number of carbonyl (C=O) groups is 1. The van der Waals surface area contributed by atoms with E-state index < -0.39 is 5.97 Å². The molecule has 2 aromatic rings. The van der Waals surface area contributed by atoms with E-state index in [-0.39, 0.29) is 6.10 Å². The van der Waals surface area contributed by atoms with Crippen LogP contribution in [0.3, 0.4) is 0 Å². The van der Waals surface area contributed by atoms with Gasteiger partial charge >= 0.3 is 5.97 Å². The summed E-state index contributed by atoms with van der Waals surface area (Å²) in [5.74, 6) is -0.117. The van der Waals surface area contributed by atoms with E-state index in [0.29, 0.717) is 19.0 Å². The second kappa shape index (κ2) is 4.14. The predicted molar refractivity (Wildman–Crippen MR) is 65.6 cm³/mol. The number of furan rings is 1. The topological polar surface area (TPSA) is 52.0 Å². The first-order chi connectivity index (χ1) is 8.72. The maximum Gasteiger partial charge on any atom is 0.374 e. The normalized spacial score (nSPS) is 18.0. The van der Waals surface area contributed by atoms with Crippen molar-refractivity contribution in [1.29, 1.82) is 0 Å². The molecule has 1 aliphatic heterocycles. The Kier molecular flexibility index (Phi) is 2.59. The number of hydrogen-bond donors (Lipinski definition) is 0. The predicted octanol–water partition coefficient (Wildman–Crippen LogP) is 2.99. The Hall–Kier alpha value is -1.81. The number of fused-ring (bicyclic) bond motifs is 1. The zero-order chi connectivity index (χ0) is 12.7. The van der Waals surface area contributed by atoms with Gasteiger partial charge in [-0.25, -0.2) is 4.79 Å². The van der Waals surface area contributed by atoms with Crippen LogP contribution in [-0.2, 0) is 9.47 Å². The van der Waals surface area contributed by atoms with E-state index in [0.717, 1.165) is 22.1 Å². The van der Waals surface area contributed by atoms with Gasteiger partial charge in [0.25, 0.3) is 0 Å². The summed E-state index contributed by atoms with van der Waals surface area (Å²) in [6.45, 7) is 4.70. The highest BCUT2D eigenvalue weighted by molar-refractivity contribution is 5.96. The maximum atomic E-state index is 11.8. The number of epoxide rings is 1. The molecule has 1 aromatic heterocycles. The first-order valence-electron chi connectivity index (χ1n) is 6.03. The van der Waals surface area contributed by atoms with Crippen molar-refractivity contribution in [2.45, 2.75) is 20.0 Å². The van der Waals surface area contributed by atoms with E-state index in [1.807, 2.05) is 25.1 Å². The van der Waals surface area contributed by atoms with Crippen LogP contribution in [0.15, 0.2) is 22.6 Å². The fraction of sp³-hybridized carbons (Fsp3) is 0.357. The number of aryl methyl sites for hydroxylation is 1. The third-order valence-corrected chi connectivity index (χ3v) is 3.14. The summed E-state index contributed by atoms with van der Waals surface area (Å²) in [6, 6.07) is 5.87. The highest BCUT2D eigenvalue weighted by atomic mass is 16.6. The quantitative estimate of drug-likeness (QED) is 0.617. The van der Waals surface area contributed by atoms with Crippen LogP contribution < -0.4 is 0 Å². The number of para-hydroxylation sites is 1. The van der Waals surface area contributed by atoms with Crippen LogP contribution >= 0.6 is 0 Å². The van der Waals surface area contributed by atoms with Crippen LogP contribution in [0, 0.1) is 6.92 Å². The van der Waals surface area contributed by atoms with E-state index in [2.05, 4.69) is 0 Å². The Morgan fingerprint density at radius 3 is 2.94 bits per heavy atom. The average molecular weight is 246 g/mol. The smallest absolute Gasteiger partial charge is 0.374 e. The number of hydrogen-bond acceptors (Lipinski definition) is 4. The lowest BCUT2D eigenvalue weighted by Crippen LogP contribution is -2.04. The minimum Gasteiger partial charge on any atom is -0.460 e. The van der Waals surface area contributed by atoms with Crippen LogP contribution in [-0.4, -0.2) is 19.2 Å². The Morgan fingerprint density at radius 2 is 2.28 bits per heavy atom. The first-order valence-corrected chi connectivity index (χ1v) is 6.03. The number of carbonyl (C=O) groups excluding carboxylic acids is 1. The molecule has 94 valence electrons. The van der Waals surface area contributed by atoms with Crippen molar-refractivity contribution in [2.24, 2.45) is 0 Å². The molecule has 0 bridgehead atoms. The number of esters is 1. The van der Waals surface area contributed by atoms with Crippen molar-refractivity contribution in [1.82, 2.24) is 0 Å². The van der Waals surface area contributed by atoms with Crippen molar-refractivity contribution in [2.75, 3.05) is 13.2 Å². The van der Waals surface area contributed by atoms with E-state index in [4.69, 9.17) is 13.9 Å². The molecule has 1 aromatic carbocycles. The molecule has 3 rings (SSSR count). The zero-order valence-corrected chi connectivity index (χ0v) is 10.4. The molecule has 0 saturated carbocycles. The molecule has 0 spiro atoms.